The molecule has 0 N–H and O–H groups in total. The molecule has 0 spiro atoms. The molecule has 1 heterocycles. The molecule has 2 atom stereocenters. The van der Waals surface area contributed by atoms with E-state index in [9.17, 15) is 9.59 Å². The molecule has 1 fully saturated rings. The molecule has 2 amide bonds. The van der Waals surface area contributed by atoms with E-state index in [1.165, 1.54) is 4.90 Å². The van der Waals surface area contributed by atoms with Crippen LogP contribution in [0.3, 0.4) is 0 Å². The first-order valence-electron chi connectivity index (χ1n) is 5.65. The van der Waals surface area contributed by atoms with Crippen molar-refractivity contribution in [2.24, 2.45) is 11.8 Å². The van der Waals surface area contributed by atoms with Crippen molar-refractivity contribution in [3.05, 3.63) is 12.2 Å². The molecule has 0 radical (unpaired) electrons. The summed E-state index contributed by atoms with van der Waals surface area (Å²) >= 11 is 0. The summed E-state index contributed by atoms with van der Waals surface area (Å²) in [6.45, 7) is 2.21. The summed E-state index contributed by atoms with van der Waals surface area (Å²) in [6.07, 6.45) is 6.01. The van der Waals surface area contributed by atoms with Gasteiger partial charge < -0.3 is 0 Å². The maximum absolute atomic E-state index is 12.0. The molecule has 0 aromatic carbocycles. The smallest absolute Gasteiger partial charge is 0.233 e. The molecule has 2 rings (SSSR count). The third-order valence-electron chi connectivity index (χ3n) is 3.24. The summed E-state index contributed by atoms with van der Waals surface area (Å²) < 4.78 is 0. The van der Waals surface area contributed by atoms with Crippen LogP contribution >= 0.6 is 0 Å². The predicted octanol–water partition coefficient (Wildman–Crippen LogP) is 1.35. The second-order valence-electron chi connectivity index (χ2n) is 4.16. The molecule has 3 nitrogen and oxygen atoms in total. The summed E-state index contributed by atoms with van der Waals surface area (Å²) in [6, 6.07) is 0. The number of rotatable bonds is 2. The third kappa shape index (κ3) is 1.76. The maximum atomic E-state index is 12.0. The monoisotopic (exact) mass is 217 g/mol. The minimum absolute atomic E-state index is 0.00254. The van der Waals surface area contributed by atoms with E-state index in [2.05, 4.69) is 11.8 Å². The lowest BCUT2D eigenvalue weighted by atomic mass is 9.85. The molecule has 0 saturated carbocycles. The molecule has 0 aromatic heterocycles. The van der Waals surface area contributed by atoms with Gasteiger partial charge in [0.1, 0.15) is 0 Å². The Hall–Kier alpha value is -1.56. The van der Waals surface area contributed by atoms with Crippen LogP contribution < -0.4 is 0 Å². The maximum Gasteiger partial charge on any atom is 0.233 e. The fourth-order valence-electron chi connectivity index (χ4n) is 2.38. The van der Waals surface area contributed by atoms with Crippen molar-refractivity contribution in [1.82, 2.24) is 4.90 Å². The topological polar surface area (TPSA) is 37.4 Å². The van der Waals surface area contributed by atoms with Crippen LogP contribution in [-0.4, -0.2) is 23.3 Å². The average Bonchev–Trinajstić information content (AvgIpc) is 2.55. The number of imide groups is 1. The molecule has 1 saturated heterocycles. The van der Waals surface area contributed by atoms with Gasteiger partial charge in [0.2, 0.25) is 11.8 Å². The SMILES string of the molecule is CC#CCCN1C(=O)C2CC=CCC2C1=O. The van der Waals surface area contributed by atoms with Crippen molar-refractivity contribution >= 4 is 11.8 Å². The average molecular weight is 217 g/mol. The fourth-order valence-corrected chi connectivity index (χ4v) is 2.38. The number of hydrogen-bond acceptors (Lipinski definition) is 2. The molecule has 0 bridgehead atoms. The molecular weight excluding hydrogens is 202 g/mol. The first kappa shape index (κ1) is 10.9. The minimum Gasteiger partial charge on any atom is -0.281 e. The molecule has 84 valence electrons. The molecule has 0 aromatic rings. The molecule has 2 unspecified atom stereocenters. The largest absolute Gasteiger partial charge is 0.281 e. The zero-order valence-electron chi connectivity index (χ0n) is 9.40. The minimum atomic E-state index is -0.105. The van der Waals surface area contributed by atoms with E-state index >= 15 is 0 Å². The summed E-state index contributed by atoms with van der Waals surface area (Å²) in [5.41, 5.74) is 0. The highest BCUT2D eigenvalue weighted by molar-refractivity contribution is 6.05. The zero-order chi connectivity index (χ0) is 11.5. The Labute approximate surface area is 95.5 Å². The number of likely N-dealkylation sites (tertiary alicyclic amines) is 1. The van der Waals surface area contributed by atoms with E-state index in [1.807, 2.05) is 12.2 Å². The normalized spacial score (nSPS) is 27.7. The van der Waals surface area contributed by atoms with Gasteiger partial charge in [-0.25, -0.2) is 0 Å². The number of amides is 2. The van der Waals surface area contributed by atoms with Gasteiger partial charge in [-0.3, -0.25) is 14.5 Å². The molecular formula is C13H15NO2. The predicted molar refractivity (Wildman–Crippen MR) is 60.1 cm³/mol. The van der Waals surface area contributed by atoms with Crippen molar-refractivity contribution in [2.45, 2.75) is 26.2 Å². The first-order valence-corrected chi connectivity index (χ1v) is 5.65. The zero-order valence-corrected chi connectivity index (χ0v) is 9.40. The van der Waals surface area contributed by atoms with Crippen LogP contribution in [0.25, 0.3) is 0 Å². The van der Waals surface area contributed by atoms with Crippen molar-refractivity contribution in [3.63, 3.8) is 0 Å². The molecule has 1 aliphatic carbocycles. The van der Waals surface area contributed by atoms with E-state index in [4.69, 9.17) is 0 Å². The van der Waals surface area contributed by atoms with E-state index in [1.54, 1.807) is 6.92 Å². The van der Waals surface area contributed by atoms with Crippen LogP contribution in [0.15, 0.2) is 12.2 Å². The number of hydrogen-bond donors (Lipinski definition) is 0. The quantitative estimate of drug-likeness (QED) is 0.398. The van der Waals surface area contributed by atoms with Crippen LogP contribution in [0.1, 0.15) is 26.2 Å². The second kappa shape index (κ2) is 4.52. The first-order chi connectivity index (χ1) is 7.75. The van der Waals surface area contributed by atoms with Gasteiger partial charge in [-0.15, -0.1) is 11.8 Å². The number of carbonyl (C=O) groups is 2. The van der Waals surface area contributed by atoms with Gasteiger partial charge in [-0.1, -0.05) is 12.2 Å². The fraction of sp³-hybridized carbons (Fsp3) is 0.538. The lowest BCUT2D eigenvalue weighted by Gasteiger charge is -2.14. The van der Waals surface area contributed by atoms with Crippen LogP contribution in [0.5, 0.6) is 0 Å². The highest BCUT2D eigenvalue weighted by atomic mass is 16.2. The highest BCUT2D eigenvalue weighted by Crippen LogP contribution is 2.34. The van der Waals surface area contributed by atoms with Crippen LogP contribution in [0.2, 0.25) is 0 Å². The van der Waals surface area contributed by atoms with E-state index in [0.717, 1.165) is 0 Å². The van der Waals surface area contributed by atoms with Gasteiger partial charge in [-0.2, -0.15) is 0 Å². The molecule has 2 aliphatic rings. The van der Waals surface area contributed by atoms with E-state index in [-0.39, 0.29) is 23.7 Å². The second-order valence-corrected chi connectivity index (χ2v) is 4.16. The van der Waals surface area contributed by atoms with Crippen LogP contribution in [0, 0.1) is 23.7 Å². The number of carbonyl (C=O) groups excluding carboxylic acids is 2. The Bertz CT molecular complexity index is 374. The number of allylic oxidation sites excluding steroid dienone is 2. The Morgan fingerprint density at radius 1 is 1.25 bits per heavy atom. The third-order valence-corrected chi connectivity index (χ3v) is 3.24. The Morgan fingerprint density at radius 2 is 1.81 bits per heavy atom. The van der Waals surface area contributed by atoms with Gasteiger partial charge in [-0.05, 0) is 19.8 Å². The molecule has 1 aliphatic heterocycles. The Morgan fingerprint density at radius 3 is 2.31 bits per heavy atom. The standard InChI is InChI=1S/C13H15NO2/c1-2-3-6-9-14-12(15)10-7-4-5-8-11(10)13(14)16/h4-5,10-11H,6-9H2,1H3. The van der Waals surface area contributed by atoms with Gasteiger partial charge in [0.25, 0.3) is 0 Å². The molecule has 3 heteroatoms. The van der Waals surface area contributed by atoms with Crippen molar-refractivity contribution < 1.29 is 9.59 Å². The lowest BCUT2D eigenvalue weighted by Crippen LogP contribution is -2.31. The van der Waals surface area contributed by atoms with Gasteiger partial charge >= 0.3 is 0 Å². The van der Waals surface area contributed by atoms with Gasteiger partial charge in [0.15, 0.2) is 0 Å². The van der Waals surface area contributed by atoms with E-state index < -0.39 is 0 Å². The summed E-state index contributed by atoms with van der Waals surface area (Å²) in [5, 5.41) is 0. The summed E-state index contributed by atoms with van der Waals surface area (Å²) in [7, 11) is 0. The van der Waals surface area contributed by atoms with Crippen LogP contribution in [0.4, 0.5) is 0 Å². The Balaban J connectivity index is 2.07. The number of nitrogens with zero attached hydrogens (tertiary/aromatic N) is 1. The highest BCUT2D eigenvalue weighted by Gasteiger charge is 2.46. The van der Waals surface area contributed by atoms with Crippen molar-refractivity contribution in [2.75, 3.05) is 6.54 Å². The van der Waals surface area contributed by atoms with Gasteiger partial charge in [0, 0.05) is 13.0 Å². The van der Waals surface area contributed by atoms with Gasteiger partial charge in [0.05, 0.1) is 11.8 Å². The lowest BCUT2D eigenvalue weighted by molar-refractivity contribution is -0.139. The Kier molecular flexibility index (Phi) is 3.09. The molecule has 16 heavy (non-hydrogen) atoms. The van der Waals surface area contributed by atoms with Crippen molar-refractivity contribution in [1.29, 1.82) is 0 Å². The summed E-state index contributed by atoms with van der Waals surface area (Å²) in [4.78, 5) is 25.3. The van der Waals surface area contributed by atoms with Crippen LogP contribution in [-0.2, 0) is 9.59 Å². The number of fused-ring (bicyclic) bond motifs is 1. The van der Waals surface area contributed by atoms with E-state index in [0.29, 0.717) is 25.8 Å². The van der Waals surface area contributed by atoms with Crippen molar-refractivity contribution in [3.8, 4) is 11.8 Å². The summed E-state index contributed by atoms with van der Waals surface area (Å²) in [5.74, 6) is 5.44.